The zero-order chi connectivity index (χ0) is 17.9. The Kier molecular flexibility index (Phi) is 4.93. The molecule has 2 aromatic heterocycles. The van der Waals surface area contributed by atoms with Crippen molar-refractivity contribution in [3.8, 4) is 0 Å². The number of rotatable bonds is 5. The topological polar surface area (TPSA) is 95.8 Å². The lowest BCUT2D eigenvalue weighted by Gasteiger charge is -2.35. The van der Waals surface area contributed by atoms with E-state index in [-0.39, 0.29) is 11.7 Å². The van der Waals surface area contributed by atoms with Crippen LogP contribution in [0.3, 0.4) is 0 Å². The van der Waals surface area contributed by atoms with E-state index in [1.54, 1.807) is 36.1 Å². The van der Waals surface area contributed by atoms with Crippen LogP contribution in [0, 0.1) is 0 Å². The molecule has 0 aromatic carbocycles. The summed E-state index contributed by atoms with van der Waals surface area (Å²) < 4.78 is 30.7. The van der Waals surface area contributed by atoms with E-state index in [1.165, 1.54) is 12.5 Å². The zero-order valence-electron chi connectivity index (χ0n) is 13.9. The van der Waals surface area contributed by atoms with Crippen LogP contribution in [-0.2, 0) is 10.0 Å². The Morgan fingerprint density at radius 2 is 2.00 bits per heavy atom. The Balaban J connectivity index is 1.59. The normalized spacial score (nSPS) is 15.2. The van der Waals surface area contributed by atoms with Gasteiger partial charge in [-0.2, -0.15) is 0 Å². The second-order valence-corrected chi connectivity index (χ2v) is 7.68. The average Bonchev–Trinajstić information content (AvgIpc) is 3.16. The molecule has 25 heavy (non-hydrogen) atoms. The fourth-order valence-corrected chi connectivity index (χ4v) is 3.20. The van der Waals surface area contributed by atoms with E-state index in [1.807, 2.05) is 0 Å². The molecule has 1 fully saturated rings. The highest BCUT2D eigenvalue weighted by atomic mass is 32.2. The highest BCUT2D eigenvalue weighted by molar-refractivity contribution is 7.92. The molecule has 0 atom stereocenters. The van der Waals surface area contributed by atoms with Crippen LogP contribution in [0.2, 0.25) is 0 Å². The van der Waals surface area contributed by atoms with Crippen molar-refractivity contribution in [1.29, 1.82) is 0 Å². The Hall–Kier alpha value is -2.55. The second-order valence-electron chi connectivity index (χ2n) is 5.67. The monoisotopic (exact) mass is 364 g/mol. The molecule has 9 heteroatoms. The first-order valence-electron chi connectivity index (χ1n) is 8.03. The van der Waals surface area contributed by atoms with Crippen LogP contribution in [0.1, 0.15) is 17.5 Å². The summed E-state index contributed by atoms with van der Waals surface area (Å²) in [4.78, 5) is 20.4. The van der Waals surface area contributed by atoms with Crippen LogP contribution >= 0.6 is 0 Å². The Morgan fingerprint density at radius 3 is 2.56 bits per heavy atom. The maximum absolute atomic E-state index is 12.2. The molecule has 1 aliphatic heterocycles. The summed E-state index contributed by atoms with van der Waals surface area (Å²) in [5.74, 6) is 1.01. The predicted molar refractivity (Wildman–Crippen MR) is 94.1 cm³/mol. The third-order valence-electron chi connectivity index (χ3n) is 4.02. The van der Waals surface area contributed by atoms with Crippen LogP contribution in [0.4, 0.5) is 11.5 Å². The van der Waals surface area contributed by atoms with Crippen LogP contribution in [0.5, 0.6) is 0 Å². The number of aromatic nitrogens is 1. The molecule has 3 rings (SSSR count). The molecule has 1 N–H and O–H groups in total. The lowest BCUT2D eigenvalue weighted by molar-refractivity contribution is 0.0714. The predicted octanol–water partition coefficient (Wildman–Crippen LogP) is 1.40. The van der Waals surface area contributed by atoms with Gasteiger partial charge in [0, 0.05) is 26.2 Å². The first kappa shape index (κ1) is 17.3. The summed E-state index contributed by atoms with van der Waals surface area (Å²) in [7, 11) is -3.31. The average molecular weight is 364 g/mol. The molecule has 134 valence electrons. The van der Waals surface area contributed by atoms with E-state index in [2.05, 4.69) is 14.6 Å². The quantitative estimate of drug-likeness (QED) is 0.862. The van der Waals surface area contributed by atoms with Crippen LogP contribution in [0.15, 0.2) is 41.1 Å². The third kappa shape index (κ3) is 4.11. The van der Waals surface area contributed by atoms with Crippen LogP contribution in [0.25, 0.3) is 0 Å². The summed E-state index contributed by atoms with van der Waals surface area (Å²) in [6.07, 6.45) is 2.99. The maximum Gasteiger partial charge on any atom is 0.289 e. The van der Waals surface area contributed by atoms with Gasteiger partial charge in [-0.15, -0.1) is 0 Å². The number of piperazine rings is 1. The van der Waals surface area contributed by atoms with E-state index >= 15 is 0 Å². The molecular weight excluding hydrogens is 344 g/mol. The van der Waals surface area contributed by atoms with Gasteiger partial charge in [0.1, 0.15) is 5.82 Å². The summed E-state index contributed by atoms with van der Waals surface area (Å²) in [6, 6.07) is 6.82. The van der Waals surface area contributed by atoms with Crippen LogP contribution < -0.4 is 9.62 Å². The number of amides is 1. The molecule has 1 aliphatic rings. The Morgan fingerprint density at radius 1 is 1.24 bits per heavy atom. The zero-order valence-corrected chi connectivity index (χ0v) is 14.7. The largest absolute Gasteiger partial charge is 0.459 e. The number of furan rings is 1. The van der Waals surface area contributed by atoms with Gasteiger partial charge in [-0.25, -0.2) is 13.4 Å². The minimum Gasteiger partial charge on any atom is -0.459 e. The molecule has 0 spiro atoms. The van der Waals surface area contributed by atoms with E-state index in [0.717, 1.165) is 5.82 Å². The number of pyridine rings is 1. The summed E-state index contributed by atoms with van der Waals surface area (Å²) in [5.41, 5.74) is 0.442. The molecule has 2 aromatic rings. The fourth-order valence-electron chi connectivity index (χ4n) is 2.58. The van der Waals surface area contributed by atoms with Crippen molar-refractivity contribution in [3.05, 3.63) is 42.5 Å². The number of carbonyl (C=O) groups is 1. The van der Waals surface area contributed by atoms with Crippen LogP contribution in [-0.4, -0.2) is 56.1 Å². The SMILES string of the molecule is CCS(=O)(=O)Nc1ccc(N2CCN(C(=O)c3ccco3)CC2)nc1. The van der Waals surface area contributed by atoms with Gasteiger partial charge < -0.3 is 14.2 Å². The Labute approximate surface area is 146 Å². The standard InChI is InChI=1S/C16H20N4O4S/c1-2-25(22,23)18-13-5-6-15(17-12-13)19-7-9-20(10-8-19)16(21)14-4-3-11-24-14/h3-6,11-12,18H,2,7-10H2,1H3. The molecule has 3 heterocycles. The van der Waals surface area contributed by atoms with Gasteiger partial charge in [-0.1, -0.05) is 0 Å². The van der Waals surface area contributed by atoms with Crippen molar-refractivity contribution in [2.24, 2.45) is 0 Å². The molecule has 1 saturated heterocycles. The van der Waals surface area contributed by atoms with E-state index < -0.39 is 10.0 Å². The lowest BCUT2D eigenvalue weighted by Crippen LogP contribution is -2.49. The van der Waals surface area contributed by atoms with Gasteiger partial charge in [0.25, 0.3) is 5.91 Å². The van der Waals surface area contributed by atoms with Crippen molar-refractivity contribution in [2.75, 3.05) is 41.6 Å². The summed E-state index contributed by atoms with van der Waals surface area (Å²) in [6.45, 7) is 4.03. The minimum atomic E-state index is -3.31. The second kappa shape index (κ2) is 7.14. The van der Waals surface area contributed by atoms with Gasteiger partial charge in [-0.05, 0) is 31.2 Å². The smallest absolute Gasteiger partial charge is 0.289 e. The fraction of sp³-hybridized carbons (Fsp3) is 0.375. The number of hydrogen-bond donors (Lipinski definition) is 1. The number of nitrogens with zero attached hydrogens (tertiary/aromatic N) is 3. The number of carbonyl (C=O) groups excluding carboxylic acids is 1. The highest BCUT2D eigenvalue weighted by Gasteiger charge is 2.24. The molecule has 0 bridgehead atoms. The van der Waals surface area contributed by atoms with Crippen molar-refractivity contribution in [1.82, 2.24) is 9.88 Å². The molecule has 1 amide bonds. The minimum absolute atomic E-state index is 0.0143. The molecule has 0 unspecified atom stereocenters. The summed E-state index contributed by atoms with van der Waals surface area (Å²) in [5, 5.41) is 0. The van der Waals surface area contributed by atoms with Crippen molar-refractivity contribution in [3.63, 3.8) is 0 Å². The number of anilines is 2. The van der Waals surface area contributed by atoms with E-state index in [9.17, 15) is 13.2 Å². The Bertz CT molecular complexity index is 810. The lowest BCUT2D eigenvalue weighted by atomic mass is 10.2. The van der Waals surface area contributed by atoms with E-state index in [4.69, 9.17) is 4.42 Å². The highest BCUT2D eigenvalue weighted by Crippen LogP contribution is 2.18. The van der Waals surface area contributed by atoms with Gasteiger partial charge in [0.15, 0.2) is 5.76 Å². The third-order valence-corrected chi connectivity index (χ3v) is 5.33. The molecule has 0 saturated carbocycles. The molecule has 8 nitrogen and oxygen atoms in total. The van der Waals surface area contributed by atoms with E-state index in [0.29, 0.717) is 37.6 Å². The number of nitrogens with one attached hydrogen (secondary N) is 1. The number of sulfonamides is 1. The maximum atomic E-state index is 12.2. The molecule has 0 aliphatic carbocycles. The number of hydrogen-bond acceptors (Lipinski definition) is 6. The first-order chi connectivity index (χ1) is 12.0. The van der Waals surface area contributed by atoms with Gasteiger partial charge >= 0.3 is 0 Å². The molecule has 0 radical (unpaired) electrons. The summed E-state index contributed by atoms with van der Waals surface area (Å²) >= 11 is 0. The van der Waals surface area contributed by atoms with Crippen molar-refractivity contribution >= 4 is 27.4 Å². The molecular formula is C16H20N4O4S. The van der Waals surface area contributed by atoms with Gasteiger partial charge in [0.05, 0.1) is 23.9 Å². The van der Waals surface area contributed by atoms with Crippen molar-refractivity contribution < 1.29 is 17.6 Å². The first-order valence-corrected chi connectivity index (χ1v) is 9.68. The van der Waals surface area contributed by atoms with Crippen molar-refractivity contribution in [2.45, 2.75) is 6.92 Å². The van der Waals surface area contributed by atoms with Gasteiger partial charge in [-0.3, -0.25) is 9.52 Å². The van der Waals surface area contributed by atoms with Gasteiger partial charge in [0.2, 0.25) is 10.0 Å².